The Morgan fingerprint density at radius 1 is 1.40 bits per heavy atom. The first kappa shape index (κ1) is 12.7. The summed E-state index contributed by atoms with van der Waals surface area (Å²) in [5.74, 6) is 0.775. The highest BCUT2D eigenvalue weighted by Crippen LogP contribution is 2.17. The van der Waals surface area contributed by atoms with Gasteiger partial charge in [0.25, 0.3) is 0 Å². The molecule has 0 aromatic carbocycles. The molecule has 3 rings (SSSR count). The van der Waals surface area contributed by atoms with Gasteiger partial charge in [0, 0.05) is 37.1 Å². The van der Waals surface area contributed by atoms with Crippen molar-refractivity contribution in [2.24, 2.45) is 0 Å². The molecule has 6 nitrogen and oxygen atoms in total. The van der Waals surface area contributed by atoms with Crippen LogP contribution in [0.5, 0.6) is 0 Å². The van der Waals surface area contributed by atoms with E-state index in [0.29, 0.717) is 0 Å². The molecule has 0 spiro atoms. The van der Waals surface area contributed by atoms with Gasteiger partial charge in [0.1, 0.15) is 5.69 Å². The summed E-state index contributed by atoms with van der Waals surface area (Å²) in [6.07, 6.45) is 5.58. The fraction of sp³-hybridized carbons (Fsp3) is 0.286. The molecule has 0 unspecified atom stereocenters. The smallest absolute Gasteiger partial charge is 0.154 e. The molecule has 6 heteroatoms. The Morgan fingerprint density at radius 3 is 3.10 bits per heavy atom. The van der Waals surface area contributed by atoms with Crippen LogP contribution in [0.2, 0.25) is 0 Å². The maximum absolute atomic E-state index is 5.31. The number of hydrogen-bond donors (Lipinski definition) is 2. The van der Waals surface area contributed by atoms with Crippen molar-refractivity contribution >= 4 is 0 Å². The van der Waals surface area contributed by atoms with Crippen molar-refractivity contribution in [2.45, 2.75) is 26.6 Å². The van der Waals surface area contributed by atoms with E-state index in [0.717, 1.165) is 36.8 Å². The lowest BCUT2D eigenvalue weighted by molar-refractivity contribution is 0.580. The van der Waals surface area contributed by atoms with Crippen LogP contribution in [0.15, 0.2) is 41.3 Å². The number of rotatable bonds is 6. The van der Waals surface area contributed by atoms with Crippen LogP contribution < -0.4 is 5.32 Å². The molecular formula is C14H17N5O. The second-order valence-corrected chi connectivity index (χ2v) is 4.56. The standard InChI is InChI=1S/C14H17N5O/c1-2-19-10-11(8-16-19)7-15-9-12-6-13(18-17-12)14-4-3-5-20-14/h3-6,8,10,15H,2,7,9H2,1H3,(H,17,18). The predicted molar refractivity (Wildman–Crippen MR) is 74.7 cm³/mol. The number of aromatic amines is 1. The molecule has 104 valence electrons. The monoisotopic (exact) mass is 271 g/mol. The summed E-state index contributed by atoms with van der Waals surface area (Å²) in [6, 6.07) is 5.74. The molecule has 0 radical (unpaired) electrons. The molecule has 0 aliphatic carbocycles. The number of nitrogens with zero attached hydrogens (tertiary/aromatic N) is 3. The minimum absolute atomic E-state index is 0.727. The van der Waals surface area contributed by atoms with Crippen LogP contribution in [0.3, 0.4) is 0 Å². The van der Waals surface area contributed by atoms with Gasteiger partial charge in [-0.15, -0.1) is 0 Å². The van der Waals surface area contributed by atoms with Gasteiger partial charge in [-0.25, -0.2) is 0 Å². The maximum atomic E-state index is 5.31. The predicted octanol–water partition coefficient (Wildman–Crippen LogP) is 2.18. The molecule has 0 aliphatic heterocycles. The Balaban J connectivity index is 1.54. The molecule has 0 bridgehead atoms. The van der Waals surface area contributed by atoms with E-state index in [4.69, 9.17) is 4.42 Å². The topological polar surface area (TPSA) is 71.7 Å². The van der Waals surface area contributed by atoms with E-state index in [1.165, 1.54) is 5.56 Å². The van der Waals surface area contributed by atoms with Crippen LogP contribution in [0.4, 0.5) is 0 Å². The van der Waals surface area contributed by atoms with Gasteiger partial charge in [-0.3, -0.25) is 9.78 Å². The SMILES string of the molecule is CCn1cc(CNCc2cc(-c3ccco3)n[nH]2)cn1. The van der Waals surface area contributed by atoms with E-state index in [-0.39, 0.29) is 0 Å². The van der Waals surface area contributed by atoms with Crippen LogP contribution in [-0.2, 0) is 19.6 Å². The lowest BCUT2D eigenvalue weighted by Gasteiger charge is -1.99. The first-order valence-corrected chi connectivity index (χ1v) is 6.65. The Kier molecular flexibility index (Phi) is 3.64. The summed E-state index contributed by atoms with van der Waals surface area (Å²) in [5, 5.41) is 14.8. The van der Waals surface area contributed by atoms with Crippen LogP contribution in [0, 0.1) is 0 Å². The van der Waals surface area contributed by atoms with Crippen LogP contribution in [-0.4, -0.2) is 20.0 Å². The average Bonchev–Trinajstić information content (AvgIpc) is 3.20. The van der Waals surface area contributed by atoms with Crippen molar-refractivity contribution in [1.29, 1.82) is 0 Å². The minimum atomic E-state index is 0.727. The number of hydrogen-bond acceptors (Lipinski definition) is 4. The number of furan rings is 1. The van der Waals surface area contributed by atoms with E-state index >= 15 is 0 Å². The number of aryl methyl sites for hydroxylation is 1. The van der Waals surface area contributed by atoms with E-state index in [1.54, 1.807) is 6.26 Å². The lowest BCUT2D eigenvalue weighted by Crippen LogP contribution is -2.12. The van der Waals surface area contributed by atoms with Crippen molar-refractivity contribution in [1.82, 2.24) is 25.3 Å². The second-order valence-electron chi connectivity index (χ2n) is 4.56. The lowest BCUT2D eigenvalue weighted by atomic mass is 10.3. The first-order valence-electron chi connectivity index (χ1n) is 6.65. The largest absolute Gasteiger partial charge is 0.463 e. The molecule has 0 amide bonds. The van der Waals surface area contributed by atoms with Crippen molar-refractivity contribution in [3.63, 3.8) is 0 Å². The Bertz CT molecular complexity index is 653. The van der Waals surface area contributed by atoms with Crippen LogP contribution >= 0.6 is 0 Å². The van der Waals surface area contributed by atoms with E-state index in [2.05, 4.69) is 27.5 Å². The first-order chi connectivity index (χ1) is 9.85. The fourth-order valence-electron chi connectivity index (χ4n) is 2.01. The van der Waals surface area contributed by atoms with Crippen LogP contribution in [0.1, 0.15) is 18.2 Å². The third-order valence-corrected chi connectivity index (χ3v) is 3.06. The quantitative estimate of drug-likeness (QED) is 0.720. The van der Waals surface area contributed by atoms with E-state index in [1.807, 2.05) is 35.3 Å². The summed E-state index contributed by atoms with van der Waals surface area (Å²) in [5.41, 5.74) is 3.03. The Hall–Kier alpha value is -2.34. The number of aromatic nitrogens is 4. The third kappa shape index (κ3) is 2.80. The molecule has 0 atom stereocenters. The molecule has 0 saturated carbocycles. The molecule has 0 aliphatic rings. The fourth-order valence-corrected chi connectivity index (χ4v) is 2.01. The Morgan fingerprint density at radius 2 is 2.35 bits per heavy atom. The van der Waals surface area contributed by atoms with Crippen molar-refractivity contribution in [3.8, 4) is 11.5 Å². The van der Waals surface area contributed by atoms with Gasteiger partial charge in [-0.1, -0.05) is 0 Å². The van der Waals surface area contributed by atoms with Crippen molar-refractivity contribution in [3.05, 3.63) is 48.1 Å². The molecule has 20 heavy (non-hydrogen) atoms. The normalized spacial score (nSPS) is 11.1. The van der Waals surface area contributed by atoms with Gasteiger partial charge in [0.05, 0.1) is 12.5 Å². The van der Waals surface area contributed by atoms with Gasteiger partial charge < -0.3 is 9.73 Å². The van der Waals surface area contributed by atoms with Gasteiger partial charge in [-0.05, 0) is 25.1 Å². The highest BCUT2D eigenvalue weighted by atomic mass is 16.3. The molecule has 0 fully saturated rings. The summed E-state index contributed by atoms with van der Waals surface area (Å²) < 4.78 is 7.23. The van der Waals surface area contributed by atoms with E-state index < -0.39 is 0 Å². The zero-order valence-electron chi connectivity index (χ0n) is 11.3. The van der Waals surface area contributed by atoms with Gasteiger partial charge in [0.15, 0.2) is 5.76 Å². The molecule has 0 saturated heterocycles. The summed E-state index contributed by atoms with van der Waals surface area (Å²) in [4.78, 5) is 0. The highest BCUT2D eigenvalue weighted by Gasteiger charge is 2.06. The zero-order chi connectivity index (χ0) is 13.8. The maximum Gasteiger partial charge on any atom is 0.154 e. The summed E-state index contributed by atoms with van der Waals surface area (Å²) in [6.45, 7) is 4.48. The van der Waals surface area contributed by atoms with Crippen molar-refractivity contribution in [2.75, 3.05) is 0 Å². The summed E-state index contributed by atoms with van der Waals surface area (Å²) in [7, 11) is 0. The molecule has 3 aromatic rings. The highest BCUT2D eigenvalue weighted by molar-refractivity contribution is 5.51. The minimum Gasteiger partial charge on any atom is -0.463 e. The second kappa shape index (κ2) is 5.75. The molecule has 3 aromatic heterocycles. The number of nitrogens with one attached hydrogen (secondary N) is 2. The van der Waals surface area contributed by atoms with Crippen molar-refractivity contribution < 1.29 is 4.42 Å². The molecule has 3 heterocycles. The van der Waals surface area contributed by atoms with Gasteiger partial charge in [0.2, 0.25) is 0 Å². The Labute approximate surface area is 116 Å². The van der Waals surface area contributed by atoms with E-state index in [9.17, 15) is 0 Å². The molecule has 2 N–H and O–H groups in total. The van der Waals surface area contributed by atoms with Crippen LogP contribution in [0.25, 0.3) is 11.5 Å². The third-order valence-electron chi connectivity index (χ3n) is 3.06. The zero-order valence-corrected chi connectivity index (χ0v) is 11.3. The molecular weight excluding hydrogens is 254 g/mol. The summed E-state index contributed by atoms with van der Waals surface area (Å²) >= 11 is 0. The average molecular weight is 271 g/mol. The number of H-pyrrole nitrogens is 1. The van der Waals surface area contributed by atoms with Gasteiger partial charge in [-0.2, -0.15) is 10.2 Å². The van der Waals surface area contributed by atoms with Gasteiger partial charge >= 0.3 is 0 Å².